The summed E-state index contributed by atoms with van der Waals surface area (Å²) in [5.74, 6) is 0.208. The maximum Gasteiger partial charge on any atom is 0.244 e. The first kappa shape index (κ1) is 25.9. The predicted molar refractivity (Wildman–Crippen MR) is 140 cm³/mol. The molecule has 0 bridgehead atoms. The van der Waals surface area contributed by atoms with Gasteiger partial charge in [-0.25, -0.2) is 17.8 Å². The fraction of sp³-hybridized carbons (Fsp3) is 0.185. The molecule has 0 spiro atoms. The van der Waals surface area contributed by atoms with Gasteiger partial charge in [-0.3, -0.25) is 4.79 Å². The van der Waals surface area contributed by atoms with Crippen molar-refractivity contribution in [3.63, 3.8) is 0 Å². The number of amides is 1. The fourth-order valence-corrected chi connectivity index (χ4v) is 4.56. The average molecular weight is 524 g/mol. The van der Waals surface area contributed by atoms with Gasteiger partial charge in [0.1, 0.15) is 11.5 Å². The minimum absolute atomic E-state index is 0.114. The third-order valence-electron chi connectivity index (χ3n) is 5.88. The third kappa shape index (κ3) is 5.80. The van der Waals surface area contributed by atoms with Gasteiger partial charge >= 0.3 is 0 Å². The van der Waals surface area contributed by atoms with Gasteiger partial charge in [-0.1, -0.05) is 6.07 Å². The topological polar surface area (TPSA) is 110 Å². The Kier molecular flexibility index (Phi) is 7.30. The number of pyridine rings is 1. The summed E-state index contributed by atoms with van der Waals surface area (Å²) < 4.78 is 48.6. The van der Waals surface area contributed by atoms with E-state index in [0.717, 1.165) is 17.9 Å². The molecule has 2 heterocycles. The van der Waals surface area contributed by atoms with Crippen LogP contribution in [0.3, 0.4) is 0 Å². The summed E-state index contributed by atoms with van der Waals surface area (Å²) in [6.45, 7) is 1.86. The number of rotatable bonds is 8. The lowest BCUT2D eigenvalue weighted by Crippen LogP contribution is -2.24. The molecule has 4 rings (SSSR count). The maximum absolute atomic E-state index is 14.1. The molecule has 8 nitrogen and oxygen atoms in total. The number of H-pyrrole nitrogens is 1. The molecule has 37 heavy (non-hydrogen) atoms. The zero-order valence-corrected chi connectivity index (χ0v) is 21.5. The molecule has 0 unspecified atom stereocenters. The SMILES string of the molecule is COc1ccc([C@@H](C)NC(=O)/C=C/c2c[nH]c3ncc(-c4cc(F)cc(S(C)(=O)=O)c4)cc23)cc1OC. The van der Waals surface area contributed by atoms with Crippen molar-refractivity contribution < 1.29 is 27.1 Å². The van der Waals surface area contributed by atoms with Crippen molar-refractivity contribution in [1.82, 2.24) is 15.3 Å². The average Bonchev–Trinajstić information content (AvgIpc) is 3.28. The standard InChI is InChI=1S/C27H26FN3O5S/c1-16(17-5-7-24(35-2)25(12-17)36-3)31-26(32)8-6-18-14-29-27-23(18)11-20(15-30-27)19-9-21(28)13-22(10-19)37(4,33)34/h5-16H,1-4H3,(H,29,30)(H,31,32)/b8-6+/t16-/m1/s1. The van der Waals surface area contributed by atoms with Gasteiger partial charge in [0.05, 0.1) is 25.2 Å². The first-order chi connectivity index (χ1) is 17.6. The molecule has 2 aromatic heterocycles. The Hall–Kier alpha value is -4.18. The van der Waals surface area contributed by atoms with Crippen LogP contribution >= 0.6 is 0 Å². The van der Waals surface area contributed by atoms with Gasteiger partial charge in [-0.15, -0.1) is 0 Å². The largest absolute Gasteiger partial charge is 0.493 e. The lowest BCUT2D eigenvalue weighted by atomic mass is 10.1. The number of hydrogen-bond donors (Lipinski definition) is 2. The number of carbonyl (C=O) groups excluding carboxylic acids is 1. The molecule has 0 aliphatic heterocycles. The Morgan fingerprint density at radius 2 is 1.84 bits per heavy atom. The van der Waals surface area contributed by atoms with Crippen LogP contribution in [0.5, 0.6) is 11.5 Å². The van der Waals surface area contributed by atoms with E-state index >= 15 is 0 Å². The van der Waals surface area contributed by atoms with E-state index in [9.17, 15) is 17.6 Å². The number of benzene rings is 2. The molecule has 10 heteroatoms. The van der Waals surface area contributed by atoms with E-state index in [1.807, 2.05) is 19.1 Å². The molecule has 0 aliphatic carbocycles. The molecular formula is C27H26FN3O5S. The Morgan fingerprint density at radius 3 is 2.54 bits per heavy atom. The summed E-state index contributed by atoms with van der Waals surface area (Å²) in [4.78, 5) is 19.9. The number of nitrogens with zero attached hydrogens (tertiary/aromatic N) is 1. The molecule has 1 amide bonds. The van der Waals surface area contributed by atoms with Crippen LogP contribution in [0.1, 0.15) is 24.1 Å². The number of halogens is 1. The van der Waals surface area contributed by atoms with Gasteiger partial charge in [-0.2, -0.15) is 0 Å². The van der Waals surface area contributed by atoms with Crippen molar-refractivity contribution in [1.29, 1.82) is 0 Å². The first-order valence-electron chi connectivity index (χ1n) is 11.3. The summed E-state index contributed by atoms with van der Waals surface area (Å²) in [6.07, 6.45) is 7.32. The second-order valence-electron chi connectivity index (χ2n) is 8.49. The molecule has 4 aromatic rings. The molecule has 2 N–H and O–H groups in total. The number of sulfone groups is 1. The number of ether oxygens (including phenoxy) is 2. The van der Waals surface area contributed by atoms with Crippen molar-refractivity contribution in [2.45, 2.75) is 17.9 Å². The first-order valence-corrected chi connectivity index (χ1v) is 13.2. The number of aromatic nitrogens is 2. The van der Waals surface area contributed by atoms with E-state index in [1.54, 1.807) is 38.6 Å². The maximum atomic E-state index is 14.1. The predicted octanol–water partition coefficient (Wildman–Crippen LogP) is 4.68. The van der Waals surface area contributed by atoms with Crippen LogP contribution in [0.15, 0.2) is 65.8 Å². The van der Waals surface area contributed by atoms with Crippen LogP contribution in [0, 0.1) is 5.82 Å². The number of nitrogens with one attached hydrogen (secondary N) is 2. The normalized spacial score (nSPS) is 12.6. The highest BCUT2D eigenvalue weighted by molar-refractivity contribution is 7.90. The minimum Gasteiger partial charge on any atom is -0.493 e. The number of fused-ring (bicyclic) bond motifs is 1. The summed E-state index contributed by atoms with van der Waals surface area (Å²) in [5, 5.41) is 3.61. The highest BCUT2D eigenvalue weighted by Crippen LogP contribution is 2.30. The van der Waals surface area contributed by atoms with Gasteiger partial charge < -0.3 is 19.8 Å². The number of methoxy groups -OCH3 is 2. The van der Waals surface area contributed by atoms with Gasteiger partial charge in [-0.05, 0) is 60.5 Å². The van der Waals surface area contributed by atoms with Crippen LogP contribution in [-0.2, 0) is 14.6 Å². The quantitative estimate of drug-likeness (QED) is 0.325. The monoisotopic (exact) mass is 523 g/mol. The van der Waals surface area contributed by atoms with Crippen molar-refractivity contribution >= 4 is 32.9 Å². The number of aromatic amines is 1. The second-order valence-corrected chi connectivity index (χ2v) is 10.5. The fourth-order valence-electron chi connectivity index (χ4n) is 3.90. The lowest BCUT2D eigenvalue weighted by molar-refractivity contribution is -0.117. The zero-order chi connectivity index (χ0) is 26.7. The summed E-state index contributed by atoms with van der Waals surface area (Å²) in [6, 6.07) is 10.6. The van der Waals surface area contributed by atoms with E-state index < -0.39 is 15.7 Å². The Bertz CT molecular complexity index is 1610. The minimum atomic E-state index is -3.59. The molecule has 0 saturated heterocycles. The van der Waals surface area contributed by atoms with E-state index in [2.05, 4.69) is 15.3 Å². The van der Waals surface area contributed by atoms with Gasteiger partial charge in [0.25, 0.3) is 0 Å². The van der Waals surface area contributed by atoms with Crippen molar-refractivity contribution in [2.75, 3.05) is 20.5 Å². The van der Waals surface area contributed by atoms with Crippen molar-refractivity contribution in [3.05, 3.63) is 77.9 Å². The van der Waals surface area contributed by atoms with Gasteiger partial charge in [0, 0.05) is 41.2 Å². The number of hydrogen-bond acceptors (Lipinski definition) is 6. The Labute approximate surface area is 214 Å². The molecule has 1 atom stereocenters. The molecule has 2 aromatic carbocycles. The van der Waals surface area contributed by atoms with Crippen LogP contribution in [0.4, 0.5) is 4.39 Å². The van der Waals surface area contributed by atoms with E-state index in [1.165, 1.54) is 24.4 Å². The van der Waals surface area contributed by atoms with Crippen LogP contribution < -0.4 is 14.8 Å². The van der Waals surface area contributed by atoms with Gasteiger partial charge in [0.15, 0.2) is 21.3 Å². The highest BCUT2D eigenvalue weighted by Gasteiger charge is 2.14. The number of carbonyl (C=O) groups is 1. The van der Waals surface area contributed by atoms with Crippen molar-refractivity contribution in [2.24, 2.45) is 0 Å². The smallest absolute Gasteiger partial charge is 0.244 e. The molecule has 192 valence electrons. The molecular weight excluding hydrogens is 497 g/mol. The third-order valence-corrected chi connectivity index (χ3v) is 6.97. The Balaban J connectivity index is 1.56. The lowest BCUT2D eigenvalue weighted by Gasteiger charge is -2.15. The Morgan fingerprint density at radius 1 is 1.08 bits per heavy atom. The highest BCUT2D eigenvalue weighted by atomic mass is 32.2. The van der Waals surface area contributed by atoms with E-state index in [-0.39, 0.29) is 16.8 Å². The van der Waals surface area contributed by atoms with Crippen LogP contribution in [0.2, 0.25) is 0 Å². The molecule has 0 saturated carbocycles. The van der Waals surface area contributed by atoms with E-state index in [4.69, 9.17) is 9.47 Å². The van der Waals surface area contributed by atoms with Crippen LogP contribution in [0.25, 0.3) is 28.2 Å². The van der Waals surface area contributed by atoms with E-state index in [0.29, 0.717) is 39.2 Å². The van der Waals surface area contributed by atoms with Crippen LogP contribution in [-0.4, -0.2) is 44.8 Å². The summed E-state index contributed by atoms with van der Waals surface area (Å²) in [5.41, 5.74) is 3.04. The van der Waals surface area contributed by atoms with Crippen molar-refractivity contribution in [3.8, 4) is 22.6 Å². The molecule has 0 fully saturated rings. The summed E-state index contributed by atoms with van der Waals surface area (Å²) in [7, 11) is -0.480. The molecule has 0 aliphatic rings. The summed E-state index contributed by atoms with van der Waals surface area (Å²) >= 11 is 0. The molecule has 0 radical (unpaired) electrons. The second kappa shape index (κ2) is 10.4. The van der Waals surface area contributed by atoms with Gasteiger partial charge in [0.2, 0.25) is 5.91 Å². The zero-order valence-electron chi connectivity index (χ0n) is 20.7.